The van der Waals surface area contributed by atoms with Gasteiger partial charge in [0.2, 0.25) is 0 Å². The molecule has 0 spiro atoms. The first kappa shape index (κ1) is 12.2. The lowest BCUT2D eigenvalue weighted by Crippen LogP contribution is -2.47. The average molecular weight is 230 g/mol. The Morgan fingerprint density at radius 1 is 1.27 bits per heavy atom. The molecular weight excluding hydrogens is 214 g/mol. The third kappa shape index (κ3) is 2.77. The fraction of sp³-hybridized carbons (Fsp3) is 0.400. The van der Waals surface area contributed by atoms with Crippen LogP contribution < -0.4 is 0 Å². The van der Waals surface area contributed by atoms with Crippen molar-refractivity contribution in [1.29, 1.82) is 0 Å². The van der Waals surface area contributed by atoms with E-state index in [1.807, 2.05) is 30.3 Å². The highest BCUT2D eigenvalue weighted by atomic mass is 32.2. The summed E-state index contributed by atoms with van der Waals surface area (Å²) in [5.41, 5.74) is 0.888. The molecule has 0 amide bonds. The summed E-state index contributed by atoms with van der Waals surface area (Å²) in [6.07, 6.45) is 0. The number of benzene rings is 1. The lowest BCUT2D eigenvalue weighted by Gasteiger charge is -2.28. The molecule has 1 N–H and O–H groups in total. The molecule has 84 valence electrons. The SMILES string of the molecule is CC[N+](C)(Cc1ccccc1)S(=O)(=O)O. The number of quaternary nitrogens is 1. The highest BCUT2D eigenvalue weighted by Crippen LogP contribution is 2.15. The molecule has 15 heavy (non-hydrogen) atoms. The molecule has 1 unspecified atom stereocenters. The molecule has 0 aromatic heterocycles. The Morgan fingerprint density at radius 2 is 1.80 bits per heavy atom. The van der Waals surface area contributed by atoms with Crippen LogP contribution >= 0.6 is 0 Å². The van der Waals surface area contributed by atoms with Gasteiger partial charge in [0, 0.05) is 5.56 Å². The van der Waals surface area contributed by atoms with Crippen molar-refractivity contribution in [2.24, 2.45) is 0 Å². The molecule has 0 aliphatic rings. The highest BCUT2D eigenvalue weighted by Gasteiger charge is 2.34. The molecular formula is C10H16NO3S+. The molecule has 0 saturated heterocycles. The van der Waals surface area contributed by atoms with Crippen molar-refractivity contribution in [2.45, 2.75) is 13.5 Å². The Bertz CT molecular complexity index is 416. The zero-order chi connectivity index (χ0) is 11.5. The average Bonchev–Trinajstić information content (AvgIpc) is 2.17. The van der Waals surface area contributed by atoms with Gasteiger partial charge >= 0.3 is 10.3 Å². The Hall–Kier alpha value is -0.910. The summed E-state index contributed by atoms with van der Waals surface area (Å²) in [5.74, 6) is 0. The van der Waals surface area contributed by atoms with Crippen LogP contribution in [0.1, 0.15) is 12.5 Å². The van der Waals surface area contributed by atoms with Crippen LogP contribution in [0.4, 0.5) is 0 Å². The molecule has 5 heteroatoms. The number of nitrogens with zero attached hydrogens (tertiary/aromatic N) is 1. The van der Waals surface area contributed by atoms with Gasteiger partial charge in [0.15, 0.2) is 0 Å². The first-order valence-electron chi connectivity index (χ1n) is 4.75. The normalized spacial score (nSPS) is 15.9. The molecule has 1 rings (SSSR count). The van der Waals surface area contributed by atoms with Crippen LogP contribution in [-0.2, 0) is 16.8 Å². The highest BCUT2D eigenvalue weighted by molar-refractivity contribution is 7.80. The Morgan fingerprint density at radius 3 is 2.20 bits per heavy atom. The quantitative estimate of drug-likeness (QED) is 0.629. The van der Waals surface area contributed by atoms with Crippen LogP contribution in [0, 0.1) is 0 Å². The lowest BCUT2D eigenvalue weighted by molar-refractivity contribution is -0.801. The third-order valence-corrected chi connectivity index (χ3v) is 4.09. The second kappa shape index (κ2) is 4.30. The van der Waals surface area contributed by atoms with Gasteiger partial charge in [-0.2, -0.15) is 3.89 Å². The van der Waals surface area contributed by atoms with E-state index >= 15 is 0 Å². The second-order valence-electron chi connectivity index (χ2n) is 3.70. The first-order chi connectivity index (χ1) is 6.89. The van der Waals surface area contributed by atoms with Crippen LogP contribution in [0.2, 0.25) is 0 Å². The molecule has 0 heterocycles. The van der Waals surface area contributed by atoms with Crippen LogP contribution in [0.25, 0.3) is 0 Å². The summed E-state index contributed by atoms with van der Waals surface area (Å²) in [7, 11) is -2.57. The van der Waals surface area contributed by atoms with Gasteiger partial charge in [0.25, 0.3) is 0 Å². The number of rotatable bonds is 4. The van der Waals surface area contributed by atoms with Gasteiger partial charge in [-0.3, -0.25) is 0 Å². The van der Waals surface area contributed by atoms with E-state index in [9.17, 15) is 8.42 Å². The van der Waals surface area contributed by atoms with Gasteiger partial charge in [-0.15, -0.1) is 8.42 Å². The van der Waals surface area contributed by atoms with Crippen LogP contribution in [-0.4, -0.2) is 30.5 Å². The second-order valence-corrected chi connectivity index (χ2v) is 5.48. The molecule has 0 radical (unpaired) electrons. The van der Waals surface area contributed by atoms with Gasteiger partial charge < -0.3 is 0 Å². The fourth-order valence-corrected chi connectivity index (χ4v) is 1.96. The molecule has 1 atom stereocenters. The molecule has 4 nitrogen and oxygen atoms in total. The van der Waals surface area contributed by atoms with Gasteiger partial charge in [0.1, 0.15) is 6.54 Å². The summed E-state index contributed by atoms with van der Waals surface area (Å²) in [4.78, 5) is 0. The lowest BCUT2D eigenvalue weighted by atomic mass is 10.2. The van der Waals surface area contributed by atoms with E-state index in [1.54, 1.807) is 6.92 Å². The van der Waals surface area contributed by atoms with Crippen LogP contribution in [0.3, 0.4) is 0 Å². The zero-order valence-electron chi connectivity index (χ0n) is 8.92. The fourth-order valence-electron chi connectivity index (χ4n) is 1.33. The zero-order valence-corrected chi connectivity index (χ0v) is 9.74. The van der Waals surface area contributed by atoms with Crippen molar-refractivity contribution >= 4 is 10.3 Å². The summed E-state index contributed by atoms with van der Waals surface area (Å²) in [6.45, 7) is 2.33. The topological polar surface area (TPSA) is 54.4 Å². The molecule has 0 saturated carbocycles. The minimum absolute atomic E-state index is 0.274. The van der Waals surface area contributed by atoms with Gasteiger partial charge in [0.05, 0.1) is 13.6 Å². The monoisotopic (exact) mass is 230 g/mol. The predicted octanol–water partition coefficient (Wildman–Crippen LogP) is 1.46. The van der Waals surface area contributed by atoms with Gasteiger partial charge in [-0.25, -0.2) is 4.55 Å². The van der Waals surface area contributed by atoms with Crippen molar-refractivity contribution in [3.63, 3.8) is 0 Å². The summed E-state index contributed by atoms with van der Waals surface area (Å²) < 4.78 is 31.2. The van der Waals surface area contributed by atoms with Gasteiger partial charge in [-0.1, -0.05) is 30.3 Å². The van der Waals surface area contributed by atoms with E-state index in [0.29, 0.717) is 6.54 Å². The maximum absolute atomic E-state index is 11.2. The van der Waals surface area contributed by atoms with Crippen molar-refractivity contribution in [3.8, 4) is 0 Å². The third-order valence-electron chi connectivity index (χ3n) is 2.59. The molecule has 0 bridgehead atoms. The maximum Gasteiger partial charge on any atom is 0.432 e. The van der Waals surface area contributed by atoms with Crippen molar-refractivity contribution in [3.05, 3.63) is 35.9 Å². The summed E-state index contributed by atoms with van der Waals surface area (Å²) in [6, 6.07) is 9.25. The van der Waals surface area contributed by atoms with Crippen molar-refractivity contribution in [1.82, 2.24) is 0 Å². The molecule has 0 fully saturated rings. The first-order valence-corrected chi connectivity index (χ1v) is 6.15. The summed E-state index contributed by atoms with van der Waals surface area (Å²) >= 11 is 0. The van der Waals surface area contributed by atoms with Gasteiger partial charge in [-0.05, 0) is 6.92 Å². The van der Waals surface area contributed by atoms with E-state index in [-0.39, 0.29) is 6.54 Å². The Balaban J connectivity index is 2.97. The molecule has 1 aromatic rings. The predicted molar refractivity (Wildman–Crippen MR) is 58.4 cm³/mol. The van der Waals surface area contributed by atoms with E-state index < -0.39 is 14.2 Å². The molecule has 1 aromatic carbocycles. The summed E-state index contributed by atoms with van der Waals surface area (Å²) in [5, 5.41) is 0. The number of hydrogen-bond donors (Lipinski definition) is 1. The largest absolute Gasteiger partial charge is 0.432 e. The molecule has 0 aliphatic carbocycles. The smallest absolute Gasteiger partial charge is 0.241 e. The van der Waals surface area contributed by atoms with Crippen molar-refractivity contribution < 1.29 is 16.9 Å². The Labute approximate surface area is 90.6 Å². The standard InChI is InChI=1S/C10H15NO3S/c1-3-11(2,15(12,13)14)9-10-7-5-4-6-8-10/h4-8H,3,9H2,1-2H3/p+1. The van der Waals surface area contributed by atoms with E-state index in [2.05, 4.69) is 0 Å². The van der Waals surface area contributed by atoms with E-state index in [0.717, 1.165) is 5.56 Å². The minimum atomic E-state index is -4.08. The van der Waals surface area contributed by atoms with Crippen LogP contribution in [0.15, 0.2) is 30.3 Å². The Kier molecular flexibility index (Phi) is 3.49. The van der Waals surface area contributed by atoms with Crippen molar-refractivity contribution in [2.75, 3.05) is 13.6 Å². The van der Waals surface area contributed by atoms with E-state index in [1.165, 1.54) is 7.05 Å². The van der Waals surface area contributed by atoms with E-state index in [4.69, 9.17) is 4.55 Å². The maximum atomic E-state index is 11.2. The number of hydrogen-bond acceptors (Lipinski definition) is 2. The molecule has 0 aliphatic heterocycles. The van der Waals surface area contributed by atoms with Crippen LogP contribution in [0.5, 0.6) is 0 Å². The minimum Gasteiger partial charge on any atom is -0.241 e.